The number of esters is 2. The highest BCUT2D eigenvalue weighted by Crippen LogP contribution is 2.42. The summed E-state index contributed by atoms with van der Waals surface area (Å²) in [5, 5.41) is 9.18. The summed E-state index contributed by atoms with van der Waals surface area (Å²) in [6, 6.07) is 0. The van der Waals surface area contributed by atoms with Gasteiger partial charge in [-0.1, -0.05) is 12.2 Å². The van der Waals surface area contributed by atoms with E-state index >= 15 is 0 Å². The molecule has 0 saturated carbocycles. The number of carbonyl (C=O) groups excluding carboxylic acids is 2. The Morgan fingerprint density at radius 3 is 2.30 bits per heavy atom. The summed E-state index contributed by atoms with van der Waals surface area (Å²) in [6.07, 6.45) is -0.166. The predicted molar refractivity (Wildman–Crippen MR) is 70.9 cm³/mol. The quantitative estimate of drug-likeness (QED) is 0.458. The second-order valence-electron chi connectivity index (χ2n) is 4.97. The van der Waals surface area contributed by atoms with Gasteiger partial charge in [-0.3, -0.25) is 9.59 Å². The van der Waals surface area contributed by atoms with Crippen LogP contribution < -0.4 is 0 Å². The molecule has 0 amide bonds. The maximum atomic E-state index is 12.1. The molecule has 2 atom stereocenters. The van der Waals surface area contributed by atoms with E-state index in [0.29, 0.717) is 6.42 Å². The molecule has 1 aliphatic rings. The molecule has 2 unspecified atom stereocenters. The van der Waals surface area contributed by atoms with Crippen LogP contribution >= 0.6 is 0 Å². The summed E-state index contributed by atoms with van der Waals surface area (Å²) in [7, 11) is 2.43. The Morgan fingerprint density at radius 2 is 1.90 bits per heavy atom. The van der Waals surface area contributed by atoms with Gasteiger partial charge in [-0.05, 0) is 26.2 Å². The molecular weight excluding hydrogens is 264 g/mol. The van der Waals surface area contributed by atoms with Gasteiger partial charge in [-0.2, -0.15) is 0 Å². The average molecular weight is 286 g/mol. The Kier molecular flexibility index (Phi) is 5.71. The largest absolute Gasteiger partial charge is 0.468 e. The summed E-state index contributed by atoms with van der Waals surface area (Å²) in [5.74, 6) is -1.38. The molecule has 1 heterocycles. The molecule has 0 bridgehead atoms. The third-order valence-corrected chi connectivity index (χ3v) is 3.72. The van der Waals surface area contributed by atoms with E-state index in [-0.39, 0.29) is 25.6 Å². The van der Waals surface area contributed by atoms with Gasteiger partial charge in [0.05, 0.1) is 26.4 Å². The van der Waals surface area contributed by atoms with E-state index in [0.717, 1.165) is 5.57 Å². The molecule has 0 aromatic rings. The van der Waals surface area contributed by atoms with Crippen LogP contribution in [0.5, 0.6) is 0 Å². The number of aliphatic hydroxyl groups is 1. The molecule has 1 rings (SSSR count). The minimum Gasteiger partial charge on any atom is -0.468 e. The van der Waals surface area contributed by atoms with E-state index in [4.69, 9.17) is 14.2 Å². The van der Waals surface area contributed by atoms with Crippen LogP contribution in [0.4, 0.5) is 0 Å². The van der Waals surface area contributed by atoms with Crippen LogP contribution in [-0.4, -0.2) is 50.1 Å². The molecule has 1 saturated heterocycles. The molecule has 6 heteroatoms. The minimum atomic E-state index is -1.52. The van der Waals surface area contributed by atoms with Crippen molar-refractivity contribution in [1.82, 2.24) is 0 Å². The third-order valence-electron chi connectivity index (χ3n) is 3.72. The normalized spacial score (nSPS) is 24.8. The maximum Gasteiger partial charge on any atom is 0.325 e. The summed E-state index contributed by atoms with van der Waals surface area (Å²) < 4.78 is 15.3. The van der Waals surface area contributed by atoms with Crippen LogP contribution in [-0.2, 0) is 23.8 Å². The summed E-state index contributed by atoms with van der Waals surface area (Å²) in [5.41, 5.74) is -0.700. The third kappa shape index (κ3) is 2.86. The van der Waals surface area contributed by atoms with Gasteiger partial charge >= 0.3 is 11.9 Å². The van der Waals surface area contributed by atoms with Gasteiger partial charge < -0.3 is 19.3 Å². The Morgan fingerprint density at radius 1 is 1.35 bits per heavy atom. The Bertz CT molecular complexity index is 373. The van der Waals surface area contributed by atoms with E-state index in [1.165, 1.54) is 14.2 Å². The number of ether oxygens (including phenoxy) is 3. The first-order chi connectivity index (χ1) is 9.43. The van der Waals surface area contributed by atoms with Crippen molar-refractivity contribution in [3.63, 3.8) is 0 Å². The van der Waals surface area contributed by atoms with Crippen molar-refractivity contribution >= 4 is 11.9 Å². The Balaban J connectivity index is 3.16. The lowest BCUT2D eigenvalue weighted by molar-refractivity contribution is -0.195. The predicted octanol–water partition coefficient (Wildman–Crippen LogP) is 0.825. The molecule has 6 nitrogen and oxygen atoms in total. The van der Waals surface area contributed by atoms with Gasteiger partial charge in [0.25, 0.3) is 0 Å². The minimum absolute atomic E-state index is 0.147. The molecule has 0 aromatic heterocycles. The molecule has 0 radical (unpaired) electrons. The zero-order valence-corrected chi connectivity index (χ0v) is 12.2. The number of aliphatic hydroxyl groups excluding tert-OH is 1. The van der Waals surface area contributed by atoms with E-state index in [2.05, 4.69) is 6.58 Å². The lowest BCUT2D eigenvalue weighted by Gasteiger charge is -2.42. The van der Waals surface area contributed by atoms with Crippen LogP contribution in [0, 0.1) is 5.41 Å². The van der Waals surface area contributed by atoms with Crippen molar-refractivity contribution < 1.29 is 28.9 Å². The second kappa shape index (κ2) is 6.85. The molecule has 0 aliphatic carbocycles. The zero-order valence-electron chi connectivity index (χ0n) is 12.2. The molecule has 1 N–H and O–H groups in total. The fourth-order valence-corrected chi connectivity index (χ4v) is 2.61. The summed E-state index contributed by atoms with van der Waals surface area (Å²) >= 11 is 0. The Labute approximate surface area is 118 Å². The summed E-state index contributed by atoms with van der Waals surface area (Å²) in [6.45, 7) is 5.45. The molecule has 0 aromatic carbocycles. The molecule has 1 fully saturated rings. The van der Waals surface area contributed by atoms with Crippen molar-refractivity contribution in [3.05, 3.63) is 12.2 Å². The standard InChI is InChI=1S/C14H22O6/c1-9(2)10-5-7-14(12(16)18-3,13(17)19-4)11(20-10)6-8-15/h10-11,15H,1,5-8H2,2-4H3. The zero-order chi connectivity index (χ0) is 15.3. The van der Waals surface area contributed by atoms with E-state index in [1.54, 1.807) is 0 Å². The number of carbonyl (C=O) groups is 2. The summed E-state index contributed by atoms with van der Waals surface area (Å²) in [4.78, 5) is 24.3. The SMILES string of the molecule is C=C(C)C1CCC(C(=O)OC)(C(=O)OC)C(CCO)O1. The van der Waals surface area contributed by atoms with Crippen LogP contribution in [0.1, 0.15) is 26.2 Å². The van der Waals surface area contributed by atoms with E-state index in [1.807, 2.05) is 6.92 Å². The highest BCUT2D eigenvalue weighted by atomic mass is 16.6. The number of methoxy groups -OCH3 is 2. The van der Waals surface area contributed by atoms with Crippen LogP contribution in [0.2, 0.25) is 0 Å². The van der Waals surface area contributed by atoms with Crippen molar-refractivity contribution in [2.75, 3.05) is 20.8 Å². The first kappa shape index (κ1) is 16.7. The van der Waals surface area contributed by atoms with Crippen molar-refractivity contribution in [2.45, 2.75) is 38.4 Å². The van der Waals surface area contributed by atoms with Crippen molar-refractivity contribution in [2.24, 2.45) is 5.41 Å². The van der Waals surface area contributed by atoms with Gasteiger partial charge in [-0.25, -0.2) is 0 Å². The molecular formula is C14H22O6. The van der Waals surface area contributed by atoms with Gasteiger partial charge in [0.2, 0.25) is 0 Å². The smallest absolute Gasteiger partial charge is 0.325 e. The second-order valence-corrected chi connectivity index (χ2v) is 4.97. The molecule has 20 heavy (non-hydrogen) atoms. The first-order valence-electron chi connectivity index (χ1n) is 6.52. The highest BCUT2D eigenvalue weighted by molar-refractivity contribution is 6.01. The fraction of sp³-hybridized carbons (Fsp3) is 0.714. The van der Waals surface area contributed by atoms with Gasteiger partial charge in [0, 0.05) is 6.61 Å². The average Bonchev–Trinajstić information content (AvgIpc) is 2.45. The van der Waals surface area contributed by atoms with Crippen LogP contribution in [0.3, 0.4) is 0 Å². The Hall–Kier alpha value is -1.40. The molecule has 0 spiro atoms. The fourth-order valence-electron chi connectivity index (χ4n) is 2.61. The monoisotopic (exact) mass is 286 g/mol. The number of hydrogen-bond donors (Lipinski definition) is 1. The van der Waals surface area contributed by atoms with E-state index < -0.39 is 23.5 Å². The van der Waals surface area contributed by atoms with Gasteiger partial charge in [0.1, 0.15) is 0 Å². The number of rotatable bonds is 5. The molecule has 1 aliphatic heterocycles. The van der Waals surface area contributed by atoms with Gasteiger partial charge in [-0.15, -0.1) is 0 Å². The van der Waals surface area contributed by atoms with Crippen LogP contribution in [0.15, 0.2) is 12.2 Å². The number of hydrogen-bond acceptors (Lipinski definition) is 6. The van der Waals surface area contributed by atoms with Crippen LogP contribution in [0.25, 0.3) is 0 Å². The topological polar surface area (TPSA) is 82.1 Å². The van der Waals surface area contributed by atoms with Crippen molar-refractivity contribution in [3.8, 4) is 0 Å². The maximum absolute atomic E-state index is 12.1. The highest BCUT2D eigenvalue weighted by Gasteiger charge is 2.57. The van der Waals surface area contributed by atoms with Gasteiger partial charge in [0.15, 0.2) is 5.41 Å². The molecule has 114 valence electrons. The lowest BCUT2D eigenvalue weighted by atomic mass is 9.73. The van der Waals surface area contributed by atoms with Crippen molar-refractivity contribution in [1.29, 1.82) is 0 Å². The lowest BCUT2D eigenvalue weighted by Crippen LogP contribution is -2.55. The van der Waals surface area contributed by atoms with E-state index in [9.17, 15) is 14.7 Å². The first-order valence-corrected chi connectivity index (χ1v) is 6.52.